The number of sulfone groups is 1. The number of methoxy groups -OCH3 is 1. The summed E-state index contributed by atoms with van der Waals surface area (Å²) in [4.78, 5) is 16.6. The third kappa shape index (κ3) is 4.81. The van der Waals surface area contributed by atoms with E-state index < -0.39 is 21.3 Å². The van der Waals surface area contributed by atoms with Crippen molar-refractivity contribution in [2.75, 3.05) is 56.2 Å². The quantitative estimate of drug-likeness (QED) is 0.717. The van der Waals surface area contributed by atoms with Gasteiger partial charge < -0.3 is 15.0 Å². The summed E-state index contributed by atoms with van der Waals surface area (Å²) in [5, 5.41) is 2.22. The van der Waals surface area contributed by atoms with Crippen molar-refractivity contribution in [3.05, 3.63) is 24.3 Å². The molecule has 0 aromatic heterocycles. The molecule has 1 N–H and O–H groups in total. The van der Waals surface area contributed by atoms with E-state index in [4.69, 9.17) is 16.3 Å². The summed E-state index contributed by atoms with van der Waals surface area (Å²) in [5.74, 6) is 0.518. The van der Waals surface area contributed by atoms with Crippen LogP contribution in [0.5, 0.6) is 5.75 Å². The van der Waals surface area contributed by atoms with Crippen LogP contribution in [0.15, 0.2) is 24.3 Å². The van der Waals surface area contributed by atoms with E-state index in [0.717, 1.165) is 37.6 Å². The van der Waals surface area contributed by atoms with Gasteiger partial charge in [0.1, 0.15) is 5.75 Å². The molecule has 0 bridgehead atoms. The molecule has 26 heavy (non-hydrogen) atoms. The van der Waals surface area contributed by atoms with Gasteiger partial charge in [0.05, 0.1) is 36.6 Å². The summed E-state index contributed by atoms with van der Waals surface area (Å²) in [6, 6.07) is 7.44. The number of nitrogens with zero attached hydrogens (tertiary/aromatic N) is 2. The van der Waals surface area contributed by atoms with E-state index in [1.807, 2.05) is 24.3 Å². The zero-order valence-corrected chi connectivity index (χ0v) is 16.3. The Morgan fingerprint density at radius 1 is 1.19 bits per heavy atom. The van der Waals surface area contributed by atoms with Gasteiger partial charge in [0.25, 0.3) is 0 Å². The number of carbonyl (C=O) groups is 1. The molecule has 0 saturated carbocycles. The topological polar surface area (TPSA) is 79.0 Å². The predicted octanol–water partition coefficient (Wildman–Crippen LogP) is 0.338. The minimum absolute atomic E-state index is 0.0694. The molecule has 3 rings (SSSR count). The number of carbonyl (C=O) groups excluding carboxylic acids is 1. The number of piperazine rings is 1. The third-order valence-corrected chi connectivity index (χ3v) is 7.18. The first kappa shape index (κ1) is 19.3. The molecule has 2 aliphatic heterocycles. The zero-order valence-electron chi connectivity index (χ0n) is 14.7. The van der Waals surface area contributed by atoms with Crippen molar-refractivity contribution in [3.8, 4) is 5.75 Å². The van der Waals surface area contributed by atoms with Crippen LogP contribution in [-0.2, 0) is 14.6 Å². The largest absolute Gasteiger partial charge is 0.497 e. The molecule has 7 nitrogen and oxygen atoms in total. The Morgan fingerprint density at radius 2 is 1.85 bits per heavy atom. The van der Waals surface area contributed by atoms with Gasteiger partial charge in [-0.25, -0.2) is 8.42 Å². The van der Waals surface area contributed by atoms with Gasteiger partial charge in [0, 0.05) is 31.9 Å². The highest BCUT2D eigenvalue weighted by Gasteiger charge is 2.37. The highest BCUT2D eigenvalue weighted by atomic mass is 35.5. The van der Waals surface area contributed by atoms with Gasteiger partial charge in [-0.15, -0.1) is 11.6 Å². The van der Waals surface area contributed by atoms with Crippen LogP contribution in [0.25, 0.3) is 0 Å². The van der Waals surface area contributed by atoms with E-state index in [1.54, 1.807) is 7.11 Å². The van der Waals surface area contributed by atoms with E-state index in [-0.39, 0.29) is 24.0 Å². The number of hydrogen-bond donors (Lipinski definition) is 1. The molecule has 2 fully saturated rings. The SMILES string of the molecule is COc1ccc(N2CCN(CC(=O)N[C@H]3CS(=O)(=O)C[C@H]3Cl)CC2)cc1. The second-order valence-corrected chi connectivity index (χ2v) is 9.44. The van der Waals surface area contributed by atoms with Crippen molar-refractivity contribution >= 4 is 33.0 Å². The molecule has 0 aliphatic carbocycles. The fourth-order valence-electron chi connectivity index (χ4n) is 3.35. The predicted molar refractivity (Wildman–Crippen MR) is 102 cm³/mol. The molecule has 1 aromatic rings. The van der Waals surface area contributed by atoms with Gasteiger partial charge >= 0.3 is 0 Å². The molecule has 144 valence electrons. The van der Waals surface area contributed by atoms with E-state index in [1.165, 1.54) is 0 Å². The molecular formula is C17H24ClN3O4S. The standard InChI is InChI=1S/C17H24ClN3O4S/c1-25-14-4-2-13(3-5-14)21-8-6-20(7-9-21)10-17(22)19-16-12-26(23,24)11-15(16)18/h2-5,15-16H,6-12H2,1H3,(H,19,22)/t15-,16+/m1/s1. The number of alkyl halides is 1. The van der Waals surface area contributed by atoms with Gasteiger partial charge in [-0.05, 0) is 24.3 Å². The van der Waals surface area contributed by atoms with Crippen molar-refractivity contribution in [1.29, 1.82) is 0 Å². The number of amides is 1. The average molecular weight is 402 g/mol. The van der Waals surface area contributed by atoms with Crippen LogP contribution in [0.1, 0.15) is 0 Å². The van der Waals surface area contributed by atoms with E-state index in [2.05, 4.69) is 15.1 Å². The smallest absolute Gasteiger partial charge is 0.234 e. The summed E-state index contributed by atoms with van der Waals surface area (Å²) < 4.78 is 28.3. The van der Waals surface area contributed by atoms with Crippen molar-refractivity contribution in [2.24, 2.45) is 0 Å². The zero-order chi connectivity index (χ0) is 18.7. The number of hydrogen-bond acceptors (Lipinski definition) is 6. The van der Waals surface area contributed by atoms with Crippen molar-refractivity contribution in [3.63, 3.8) is 0 Å². The Bertz CT molecular complexity index is 733. The lowest BCUT2D eigenvalue weighted by atomic mass is 10.2. The monoisotopic (exact) mass is 401 g/mol. The maximum atomic E-state index is 12.2. The molecule has 2 atom stereocenters. The van der Waals surface area contributed by atoms with E-state index in [9.17, 15) is 13.2 Å². The van der Waals surface area contributed by atoms with Gasteiger partial charge in [0.2, 0.25) is 5.91 Å². The van der Waals surface area contributed by atoms with Gasteiger partial charge in [-0.2, -0.15) is 0 Å². The molecule has 9 heteroatoms. The Labute approximate surface area is 159 Å². The number of halogens is 1. The first-order valence-corrected chi connectivity index (χ1v) is 10.9. The second kappa shape index (κ2) is 8.02. The second-order valence-electron chi connectivity index (χ2n) is 6.73. The molecule has 0 unspecified atom stereocenters. The van der Waals surface area contributed by atoms with E-state index in [0.29, 0.717) is 0 Å². The molecular weight excluding hydrogens is 378 g/mol. The van der Waals surface area contributed by atoms with Crippen molar-refractivity contribution in [2.45, 2.75) is 11.4 Å². The molecule has 1 aromatic carbocycles. The average Bonchev–Trinajstić information content (AvgIpc) is 2.87. The number of anilines is 1. The maximum Gasteiger partial charge on any atom is 0.234 e. The van der Waals surface area contributed by atoms with Gasteiger partial charge in [-0.3, -0.25) is 9.69 Å². The summed E-state index contributed by atoms with van der Waals surface area (Å²) >= 11 is 6.04. The fourth-order valence-corrected chi connectivity index (χ4v) is 5.90. The Hall–Kier alpha value is -1.51. The van der Waals surface area contributed by atoms with Crippen molar-refractivity contribution in [1.82, 2.24) is 10.2 Å². The lowest BCUT2D eigenvalue weighted by Crippen LogP contribution is -2.51. The lowest BCUT2D eigenvalue weighted by molar-refractivity contribution is -0.122. The minimum atomic E-state index is -3.14. The number of nitrogens with one attached hydrogen (secondary N) is 1. The van der Waals surface area contributed by atoms with Crippen LogP contribution in [-0.4, -0.2) is 82.0 Å². The Morgan fingerprint density at radius 3 is 2.38 bits per heavy atom. The van der Waals surface area contributed by atoms with E-state index >= 15 is 0 Å². The maximum absolute atomic E-state index is 12.2. The van der Waals surface area contributed by atoms with Crippen LogP contribution in [0.4, 0.5) is 5.69 Å². The molecule has 1 amide bonds. The summed E-state index contributed by atoms with van der Waals surface area (Å²) in [6.07, 6.45) is 0. The Kier molecular flexibility index (Phi) is 5.94. The van der Waals surface area contributed by atoms with Crippen LogP contribution in [0.3, 0.4) is 0 Å². The highest BCUT2D eigenvalue weighted by Crippen LogP contribution is 2.21. The van der Waals surface area contributed by atoms with Gasteiger partial charge in [-0.1, -0.05) is 0 Å². The lowest BCUT2D eigenvalue weighted by Gasteiger charge is -2.36. The van der Waals surface area contributed by atoms with Crippen LogP contribution < -0.4 is 15.0 Å². The first-order chi connectivity index (χ1) is 12.4. The molecule has 0 radical (unpaired) electrons. The Balaban J connectivity index is 1.45. The first-order valence-electron chi connectivity index (χ1n) is 8.61. The normalized spacial score (nSPS) is 25.8. The van der Waals surface area contributed by atoms with Crippen LogP contribution in [0.2, 0.25) is 0 Å². The molecule has 2 aliphatic rings. The summed E-state index contributed by atoms with van der Waals surface area (Å²) in [5.41, 5.74) is 1.14. The summed E-state index contributed by atoms with van der Waals surface area (Å²) in [7, 11) is -1.50. The minimum Gasteiger partial charge on any atom is -0.497 e. The van der Waals surface area contributed by atoms with Crippen LogP contribution >= 0.6 is 11.6 Å². The highest BCUT2D eigenvalue weighted by molar-refractivity contribution is 7.91. The summed E-state index contributed by atoms with van der Waals surface area (Å²) in [6.45, 7) is 3.46. The number of rotatable bonds is 5. The fraction of sp³-hybridized carbons (Fsp3) is 0.588. The van der Waals surface area contributed by atoms with Crippen LogP contribution in [0, 0.1) is 0 Å². The molecule has 2 saturated heterocycles. The van der Waals surface area contributed by atoms with Crippen molar-refractivity contribution < 1.29 is 17.9 Å². The third-order valence-electron chi connectivity index (χ3n) is 4.81. The molecule has 2 heterocycles. The number of benzene rings is 1. The van der Waals surface area contributed by atoms with Gasteiger partial charge in [0.15, 0.2) is 9.84 Å². The number of ether oxygens (including phenoxy) is 1. The molecule has 0 spiro atoms.